The monoisotopic (exact) mass is 394 g/mol. The number of pyridine rings is 2. The Morgan fingerprint density at radius 1 is 0.966 bits per heavy atom. The fourth-order valence-corrected chi connectivity index (χ4v) is 2.81. The molecule has 0 aliphatic heterocycles. The number of carbonyl (C=O) groups is 2. The van der Waals surface area contributed by atoms with Gasteiger partial charge in [0, 0.05) is 35.1 Å². The summed E-state index contributed by atoms with van der Waals surface area (Å²) in [5.41, 5.74) is 0.832. The summed E-state index contributed by atoms with van der Waals surface area (Å²) < 4.78 is 27.8. The first-order chi connectivity index (χ1) is 14.0. The molecule has 6 nitrogen and oxygen atoms in total. The van der Waals surface area contributed by atoms with Gasteiger partial charge in [-0.05, 0) is 49.2 Å². The highest BCUT2D eigenvalue weighted by Gasteiger charge is 2.24. The summed E-state index contributed by atoms with van der Waals surface area (Å²) in [5, 5.41) is 5.45. The first kappa shape index (κ1) is 18.7. The number of hydrogen-bond acceptors (Lipinski definition) is 4. The average molecular weight is 394 g/mol. The minimum atomic E-state index is -0.629. The molecule has 4 rings (SSSR count). The Labute approximate surface area is 165 Å². The summed E-state index contributed by atoms with van der Waals surface area (Å²) in [7, 11) is 0. The minimum absolute atomic E-state index is 0.00179. The van der Waals surface area contributed by atoms with Crippen molar-refractivity contribution in [3.05, 3.63) is 77.9 Å². The molecule has 1 aliphatic rings. The molecule has 0 bridgehead atoms. The van der Waals surface area contributed by atoms with Crippen molar-refractivity contribution in [2.75, 3.05) is 5.32 Å². The number of nitrogens with one attached hydrogen (secondary N) is 2. The molecule has 3 aromatic rings. The van der Waals surface area contributed by atoms with Crippen molar-refractivity contribution < 1.29 is 18.4 Å². The van der Waals surface area contributed by atoms with Crippen LogP contribution in [0.1, 0.15) is 33.7 Å². The Kier molecular flexibility index (Phi) is 4.99. The van der Waals surface area contributed by atoms with Crippen LogP contribution >= 0.6 is 0 Å². The molecule has 0 unspecified atom stereocenters. The molecule has 2 amide bonds. The van der Waals surface area contributed by atoms with Gasteiger partial charge in [-0.2, -0.15) is 0 Å². The van der Waals surface area contributed by atoms with E-state index in [0.29, 0.717) is 0 Å². The van der Waals surface area contributed by atoms with E-state index in [1.165, 1.54) is 36.8 Å². The number of hydrogen-bond donors (Lipinski definition) is 2. The van der Waals surface area contributed by atoms with Crippen molar-refractivity contribution in [2.45, 2.75) is 18.9 Å². The van der Waals surface area contributed by atoms with Gasteiger partial charge in [0.1, 0.15) is 17.3 Å². The molecule has 1 aliphatic carbocycles. The Hall–Kier alpha value is -3.68. The standard InChI is InChI=1S/C21H16F2N4O2/c22-13-1-4-17(23)16(10-13)15-6-7-24-11-19(15)27-20(28)12-5-8-25-18(9-12)21(29)26-14-2-3-14/h1,4-11,14H,2-3H2,(H,26,29)(H,27,28). The number of aromatic nitrogens is 2. The molecule has 146 valence electrons. The second kappa shape index (κ2) is 7.75. The van der Waals surface area contributed by atoms with Crippen LogP contribution in [0.3, 0.4) is 0 Å². The van der Waals surface area contributed by atoms with Crippen LogP contribution in [0.2, 0.25) is 0 Å². The van der Waals surface area contributed by atoms with Gasteiger partial charge in [0.25, 0.3) is 11.8 Å². The molecule has 0 spiro atoms. The molecule has 2 aromatic heterocycles. The summed E-state index contributed by atoms with van der Waals surface area (Å²) >= 11 is 0. The highest BCUT2D eigenvalue weighted by Crippen LogP contribution is 2.30. The lowest BCUT2D eigenvalue weighted by atomic mass is 10.0. The number of nitrogens with zero attached hydrogens (tertiary/aromatic N) is 2. The van der Waals surface area contributed by atoms with Gasteiger partial charge < -0.3 is 10.6 Å². The second-order valence-corrected chi connectivity index (χ2v) is 6.68. The third kappa shape index (κ3) is 4.26. The Balaban J connectivity index is 1.59. The minimum Gasteiger partial charge on any atom is -0.348 e. The molecule has 1 saturated carbocycles. The molecule has 0 saturated heterocycles. The maximum Gasteiger partial charge on any atom is 0.270 e. The van der Waals surface area contributed by atoms with E-state index >= 15 is 0 Å². The van der Waals surface area contributed by atoms with E-state index in [4.69, 9.17) is 0 Å². The van der Waals surface area contributed by atoms with Crippen molar-refractivity contribution in [1.29, 1.82) is 0 Å². The molecule has 2 heterocycles. The lowest BCUT2D eigenvalue weighted by Gasteiger charge is -2.12. The van der Waals surface area contributed by atoms with E-state index in [-0.39, 0.29) is 40.0 Å². The average Bonchev–Trinajstić information content (AvgIpc) is 3.54. The zero-order chi connectivity index (χ0) is 20.4. The van der Waals surface area contributed by atoms with Crippen molar-refractivity contribution in [1.82, 2.24) is 15.3 Å². The van der Waals surface area contributed by atoms with E-state index in [9.17, 15) is 18.4 Å². The smallest absolute Gasteiger partial charge is 0.270 e. The van der Waals surface area contributed by atoms with Crippen LogP contribution in [0.5, 0.6) is 0 Å². The van der Waals surface area contributed by atoms with Crippen LogP contribution in [-0.4, -0.2) is 27.8 Å². The van der Waals surface area contributed by atoms with Gasteiger partial charge in [-0.15, -0.1) is 0 Å². The van der Waals surface area contributed by atoms with Crippen LogP contribution in [0, 0.1) is 11.6 Å². The van der Waals surface area contributed by atoms with Crippen LogP contribution in [-0.2, 0) is 0 Å². The van der Waals surface area contributed by atoms with Gasteiger partial charge in [-0.3, -0.25) is 19.6 Å². The topological polar surface area (TPSA) is 84.0 Å². The Morgan fingerprint density at radius 3 is 2.59 bits per heavy atom. The summed E-state index contributed by atoms with van der Waals surface area (Å²) in [4.78, 5) is 32.8. The fourth-order valence-electron chi connectivity index (χ4n) is 2.81. The van der Waals surface area contributed by atoms with E-state index in [1.807, 2.05) is 0 Å². The van der Waals surface area contributed by atoms with Crippen molar-refractivity contribution in [3.8, 4) is 11.1 Å². The fraction of sp³-hybridized carbons (Fsp3) is 0.143. The first-order valence-corrected chi connectivity index (χ1v) is 8.99. The Morgan fingerprint density at radius 2 is 1.79 bits per heavy atom. The molecular weight excluding hydrogens is 378 g/mol. The maximum atomic E-state index is 14.2. The largest absolute Gasteiger partial charge is 0.348 e. The number of amides is 2. The summed E-state index contributed by atoms with van der Waals surface area (Å²) in [5.74, 6) is -2.10. The zero-order valence-corrected chi connectivity index (χ0v) is 15.2. The lowest BCUT2D eigenvalue weighted by Crippen LogP contribution is -2.26. The Bertz CT molecular complexity index is 1100. The van der Waals surface area contributed by atoms with Crippen molar-refractivity contribution in [3.63, 3.8) is 0 Å². The summed E-state index contributed by atoms with van der Waals surface area (Å²) in [6, 6.07) is 7.57. The predicted molar refractivity (Wildman–Crippen MR) is 102 cm³/mol. The van der Waals surface area contributed by atoms with Crippen LogP contribution in [0.25, 0.3) is 11.1 Å². The highest BCUT2D eigenvalue weighted by atomic mass is 19.1. The second-order valence-electron chi connectivity index (χ2n) is 6.68. The van der Waals surface area contributed by atoms with Crippen molar-refractivity contribution in [2.24, 2.45) is 0 Å². The summed E-state index contributed by atoms with van der Waals surface area (Å²) in [6.45, 7) is 0. The SMILES string of the molecule is O=C(Nc1cnccc1-c1cc(F)ccc1F)c1ccnc(C(=O)NC2CC2)c1. The molecule has 0 radical (unpaired) electrons. The number of halogens is 2. The van der Waals surface area contributed by atoms with E-state index in [1.54, 1.807) is 0 Å². The van der Waals surface area contributed by atoms with Crippen molar-refractivity contribution >= 4 is 17.5 Å². The molecule has 1 aromatic carbocycles. The van der Waals surface area contributed by atoms with Gasteiger partial charge in [-0.1, -0.05) is 0 Å². The number of rotatable bonds is 5. The molecule has 29 heavy (non-hydrogen) atoms. The molecule has 1 fully saturated rings. The van der Waals surface area contributed by atoms with Gasteiger partial charge in [0.05, 0.1) is 11.9 Å². The highest BCUT2D eigenvalue weighted by molar-refractivity contribution is 6.07. The quantitative estimate of drug-likeness (QED) is 0.693. The van der Waals surface area contributed by atoms with E-state index in [0.717, 1.165) is 31.0 Å². The van der Waals surface area contributed by atoms with E-state index in [2.05, 4.69) is 20.6 Å². The number of benzene rings is 1. The predicted octanol–water partition coefficient (Wildman–Crippen LogP) is 3.57. The third-order valence-corrected chi connectivity index (χ3v) is 4.46. The van der Waals surface area contributed by atoms with Crippen LogP contribution < -0.4 is 10.6 Å². The molecular formula is C21H16F2N4O2. The number of anilines is 1. The maximum absolute atomic E-state index is 14.2. The van der Waals surface area contributed by atoms with Gasteiger partial charge in [0.2, 0.25) is 0 Å². The van der Waals surface area contributed by atoms with Gasteiger partial charge in [0.15, 0.2) is 0 Å². The third-order valence-electron chi connectivity index (χ3n) is 4.46. The number of carbonyl (C=O) groups excluding carboxylic acids is 2. The van der Waals surface area contributed by atoms with E-state index < -0.39 is 17.5 Å². The summed E-state index contributed by atoms with van der Waals surface area (Å²) in [6.07, 6.45) is 6.01. The lowest BCUT2D eigenvalue weighted by molar-refractivity contribution is 0.0946. The molecule has 8 heteroatoms. The normalized spacial score (nSPS) is 13.0. The van der Waals surface area contributed by atoms with Gasteiger partial charge in [-0.25, -0.2) is 8.78 Å². The molecule has 0 atom stereocenters. The van der Waals surface area contributed by atoms with Crippen LogP contribution in [0.4, 0.5) is 14.5 Å². The molecule has 2 N–H and O–H groups in total. The van der Waals surface area contributed by atoms with Gasteiger partial charge >= 0.3 is 0 Å². The first-order valence-electron chi connectivity index (χ1n) is 8.99. The van der Waals surface area contributed by atoms with Crippen LogP contribution in [0.15, 0.2) is 55.0 Å². The zero-order valence-electron chi connectivity index (χ0n) is 15.2.